The van der Waals surface area contributed by atoms with Crippen molar-refractivity contribution in [1.29, 1.82) is 0 Å². The average molecular weight is 484 g/mol. The zero-order valence-electron chi connectivity index (χ0n) is 17.5. The molecule has 32 heavy (non-hydrogen) atoms. The maximum atomic E-state index is 13.3. The first-order valence-electron chi connectivity index (χ1n) is 10.1. The number of ether oxygens (including phenoxy) is 1. The number of carboxylic acids is 1. The monoisotopic (exact) mass is 483 g/mol. The third-order valence-electron chi connectivity index (χ3n) is 5.30. The second-order valence-electron chi connectivity index (χ2n) is 7.72. The summed E-state index contributed by atoms with van der Waals surface area (Å²) < 4.78 is 30.1. The van der Waals surface area contributed by atoms with Crippen molar-refractivity contribution in [2.75, 3.05) is 24.8 Å². The molecule has 0 aliphatic carbocycles. The molecule has 1 fully saturated rings. The fourth-order valence-corrected chi connectivity index (χ4v) is 5.47. The van der Waals surface area contributed by atoms with Gasteiger partial charge in [0.05, 0.1) is 17.2 Å². The van der Waals surface area contributed by atoms with Crippen LogP contribution in [0, 0.1) is 5.92 Å². The van der Waals surface area contributed by atoms with E-state index in [4.69, 9.17) is 9.84 Å². The lowest BCUT2D eigenvalue weighted by Crippen LogP contribution is -2.31. The number of aromatic nitrogens is 2. The Hall–Kier alpha value is -2.57. The number of nitrogens with one attached hydrogen (secondary N) is 2. The Morgan fingerprint density at radius 2 is 2.09 bits per heavy atom. The first-order chi connectivity index (χ1) is 15.1. The number of aliphatic carboxylic acids is 1. The van der Waals surface area contributed by atoms with Gasteiger partial charge >= 0.3 is 5.97 Å². The molecule has 0 spiro atoms. The van der Waals surface area contributed by atoms with Crippen LogP contribution in [-0.2, 0) is 30.6 Å². The SMILES string of the molecule is CS(=O)(=O)c1cc[nH]c(=O)c1C(CC1CCOCC1)C(=O)Nc1ncc(CCC(=O)O)s1. The van der Waals surface area contributed by atoms with E-state index in [1.165, 1.54) is 18.5 Å². The Kier molecular flexibility index (Phi) is 7.80. The van der Waals surface area contributed by atoms with Crippen LogP contribution in [0.1, 0.15) is 42.0 Å². The molecule has 174 valence electrons. The molecule has 12 heteroatoms. The van der Waals surface area contributed by atoms with Gasteiger partial charge in [-0.1, -0.05) is 0 Å². The van der Waals surface area contributed by atoms with Crippen LogP contribution in [0.15, 0.2) is 28.2 Å². The fourth-order valence-electron chi connectivity index (χ4n) is 3.70. The van der Waals surface area contributed by atoms with Gasteiger partial charge in [0, 0.05) is 42.3 Å². The number of thiazole rings is 1. The number of carboxylic acid groups (broad SMARTS) is 1. The van der Waals surface area contributed by atoms with Crippen molar-refractivity contribution in [3.05, 3.63) is 39.3 Å². The van der Waals surface area contributed by atoms with Gasteiger partial charge < -0.3 is 20.1 Å². The number of carbonyl (C=O) groups is 2. The molecule has 1 amide bonds. The van der Waals surface area contributed by atoms with E-state index in [-0.39, 0.29) is 34.4 Å². The highest BCUT2D eigenvalue weighted by Gasteiger charge is 2.32. The van der Waals surface area contributed by atoms with E-state index < -0.39 is 33.2 Å². The van der Waals surface area contributed by atoms with Crippen LogP contribution in [0.5, 0.6) is 0 Å². The molecule has 1 aliphatic rings. The lowest BCUT2D eigenvalue weighted by molar-refractivity contribution is -0.137. The van der Waals surface area contributed by atoms with E-state index in [1.54, 1.807) is 0 Å². The Balaban J connectivity index is 1.91. The van der Waals surface area contributed by atoms with E-state index in [1.807, 2.05) is 0 Å². The lowest BCUT2D eigenvalue weighted by atomic mass is 9.85. The van der Waals surface area contributed by atoms with Crippen LogP contribution in [0.2, 0.25) is 0 Å². The van der Waals surface area contributed by atoms with Gasteiger partial charge in [-0.15, -0.1) is 11.3 Å². The molecular weight excluding hydrogens is 458 g/mol. The minimum atomic E-state index is -3.75. The van der Waals surface area contributed by atoms with Gasteiger partial charge in [-0.2, -0.15) is 0 Å². The first-order valence-corrected chi connectivity index (χ1v) is 12.8. The van der Waals surface area contributed by atoms with E-state index >= 15 is 0 Å². The highest BCUT2D eigenvalue weighted by molar-refractivity contribution is 7.90. The fraction of sp³-hybridized carbons (Fsp3) is 0.500. The molecule has 3 heterocycles. The van der Waals surface area contributed by atoms with E-state index in [9.17, 15) is 22.8 Å². The highest BCUT2D eigenvalue weighted by Crippen LogP contribution is 2.32. The van der Waals surface area contributed by atoms with Crippen molar-refractivity contribution in [3.8, 4) is 0 Å². The van der Waals surface area contributed by atoms with Crippen LogP contribution in [0.3, 0.4) is 0 Å². The Morgan fingerprint density at radius 3 is 2.75 bits per heavy atom. The van der Waals surface area contributed by atoms with Gasteiger partial charge in [0.15, 0.2) is 15.0 Å². The van der Waals surface area contributed by atoms with Crippen molar-refractivity contribution in [2.45, 2.75) is 42.9 Å². The molecule has 2 aromatic heterocycles. The van der Waals surface area contributed by atoms with Crippen LogP contribution in [0.25, 0.3) is 0 Å². The summed E-state index contributed by atoms with van der Waals surface area (Å²) in [6, 6.07) is 1.30. The van der Waals surface area contributed by atoms with Gasteiger partial charge in [-0.3, -0.25) is 14.4 Å². The quantitative estimate of drug-likeness (QED) is 0.487. The van der Waals surface area contributed by atoms with Crippen molar-refractivity contribution in [2.24, 2.45) is 5.92 Å². The van der Waals surface area contributed by atoms with Crippen molar-refractivity contribution in [3.63, 3.8) is 0 Å². The second-order valence-corrected chi connectivity index (χ2v) is 10.8. The minimum absolute atomic E-state index is 0.0565. The maximum Gasteiger partial charge on any atom is 0.303 e. The van der Waals surface area contributed by atoms with Crippen LogP contribution >= 0.6 is 11.3 Å². The number of aromatic amines is 1. The summed E-state index contributed by atoms with van der Waals surface area (Å²) in [6.07, 6.45) is 5.68. The maximum absolute atomic E-state index is 13.3. The van der Waals surface area contributed by atoms with Crippen molar-refractivity contribution >= 4 is 38.2 Å². The summed E-state index contributed by atoms with van der Waals surface area (Å²) in [5, 5.41) is 11.8. The number of hydrogen-bond donors (Lipinski definition) is 3. The second kappa shape index (κ2) is 10.4. The number of H-pyrrole nitrogens is 1. The summed E-state index contributed by atoms with van der Waals surface area (Å²) in [5.74, 6) is -2.37. The Labute approximate surface area is 189 Å². The number of pyridine rings is 1. The Bertz CT molecular complexity index is 1130. The smallest absolute Gasteiger partial charge is 0.303 e. The lowest BCUT2D eigenvalue weighted by Gasteiger charge is -2.26. The predicted molar refractivity (Wildman–Crippen MR) is 118 cm³/mol. The Morgan fingerprint density at radius 1 is 1.38 bits per heavy atom. The van der Waals surface area contributed by atoms with Crippen LogP contribution < -0.4 is 10.9 Å². The summed E-state index contributed by atoms with van der Waals surface area (Å²) >= 11 is 1.15. The molecule has 0 saturated carbocycles. The number of anilines is 1. The number of amides is 1. The summed E-state index contributed by atoms with van der Waals surface area (Å²) in [5.41, 5.74) is -0.705. The number of carbonyl (C=O) groups excluding carboxylic acids is 1. The predicted octanol–water partition coefficient (Wildman–Crippen LogP) is 1.79. The minimum Gasteiger partial charge on any atom is -0.481 e. The zero-order chi connectivity index (χ0) is 23.3. The molecule has 1 saturated heterocycles. The molecule has 10 nitrogen and oxygen atoms in total. The van der Waals surface area contributed by atoms with Gasteiger partial charge in [0.1, 0.15) is 0 Å². The molecule has 3 rings (SSSR count). The normalized spacial score (nSPS) is 15.9. The molecule has 1 unspecified atom stereocenters. The number of aryl methyl sites for hydroxylation is 1. The van der Waals surface area contributed by atoms with E-state index in [0.717, 1.165) is 17.6 Å². The topological polar surface area (TPSA) is 156 Å². The third-order valence-corrected chi connectivity index (χ3v) is 7.43. The number of sulfone groups is 1. The highest BCUT2D eigenvalue weighted by atomic mass is 32.2. The summed E-state index contributed by atoms with van der Waals surface area (Å²) in [4.78, 5) is 43.9. The van der Waals surface area contributed by atoms with Crippen LogP contribution in [0.4, 0.5) is 5.13 Å². The number of rotatable bonds is 9. The van der Waals surface area contributed by atoms with E-state index in [0.29, 0.717) is 37.4 Å². The van der Waals surface area contributed by atoms with Crippen LogP contribution in [-0.4, -0.2) is 54.8 Å². The largest absolute Gasteiger partial charge is 0.481 e. The molecule has 0 radical (unpaired) electrons. The summed E-state index contributed by atoms with van der Waals surface area (Å²) in [6.45, 7) is 1.09. The molecule has 3 N–H and O–H groups in total. The zero-order valence-corrected chi connectivity index (χ0v) is 19.1. The molecule has 0 bridgehead atoms. The number of hydrogen-bond acceptors (Lipinski definition) is 8. The number of nitrogens with zero attached hydrogens (tertiary/aromatic N) is 1. The molecular formula is C20H25N3O7S2. The average Bonchev–Trinajstić information content (AvgIpc) is 3.18. The van der Waals surface area contributed by atoms with Crippen molar-refractivity contribution in [1.82, 2.24) is 9.97 Å². The molecule has 1 atom stereocenters. The molecule has 0 aromatic carbocycles. The third kappa shape index (κ3) is 6.24. The van der Waals surface area contributed by atoms with Gasteiger partial charge in [0.2, 0.25) is 5.91 Å². The molecule has 1 aliphatic heterocycles. The van der Waals surface area contributed by atoms with Crippen molar-refractivity contribution < 1.29 is 27.9 Å². The van der Waals surface area contributed by atoms with Gasteiger partial charge in [-0.25, -0.2) is 13.4 Å². The van der Waals surface area contributed by atoms with Gasteiger partial charge in [0.25, 0.3) is 5.56 Å². The van der Waals surface area contributed by atoms with Gasteiger partial charge in [-0.05, 0) is 37.7 Å². The molecule has 2 aromatic rings. The summed E-state index contributed by atoms with van der Waals surface area (Å²) in [7, 11) is -3.75. The standard InChI is InChI=1S/C20H25N3O7S2/c1-32(28,29)15-4-7-21-19(27)17(15)14(10-12-5-8-30-9-6-12)18(26)23-20-22-11-13(31-20)2-3-16(24)25/h4,7,11-12,14H,2-3,5-6,8-10H2,1H3,(H,21,27)(H,24,25)(H,22,23,26). The van der Waals surface area contributed by atoms with E-state index in [2.05, 4.69) is 15.3 Å². The first kappa shape index (κ1) is 24.1.